The first kappa shape index (κ1) is 17.8. The van der Waals surface area contributed by atoms with Crippen LogP contribution in [0.2, 0.25) is 0 Å². The summed E-state index contributed by atoms with van der Waals surface area (Å²) in [4.78, 5) is 13.2. The molecule has 0 aliphatic carbocycles. The molecule has 13 nitrogen and oxygen atoms in total. The fourth-order valence-electron chi connectivity index (χ4n) is 2.48. The van der Waals surface area contributed by atoms with E-state index in [1.165, 1.54) is 0 Å². The van der Waals surface area contributed by atoms with Gasteiger partial charge in [-0.05, 0) is 12.8 Å². The summed E-state index contributed by atoms with van der Waals surface area (Å²) in [5, 5.41) is 0.523. The van der Waals surface area contributed by atoms with E-state index in [1.54, 1.807) is 0 Å². The number of nitrogens with zero attached hydrogens (tertiary/aromatic N) is 3. The number of amidine groups is 1. The molecule has 0 radical (unpaired) electrons. The minimum absolute atomic E-state index is 0.0552. The Kier molecular flexibility index (Phi) is 4.79. The second-order valence-electron chi connectivity index (χ2n) is 4.85. The number of carbonyl (C=O) groups excluding carboxylic acids is 1. The predicted molar refractivity (Wildman–Crippen MR) is 76.1 cm³/mol. The normalized spacial score (nSPS) is 26.0. The fraction of sp³-hybridized carbons (Fsp3) is 0.750. The van der Waals surface area contributed by atoms with Gasteiger partial charge in [-0.15, -0.1) is 8.68 Å². The Morgan fingerprint density at radius 1 is 1.39 bits per heavy atom. The van der Waals surface area contributed by atoms with Gasteiger partial charge in [-0.2, -0.15) is 26.6 Å². The number of nitrogens with two attached hydrogens (primary N) is 2. The third-order valence-electron chi connectivity index (χ3n) is 3.33. The van der Waals surface area contributed by atoms with Gasteiger partial charge in [0.15, 0.2) is 0 Å². The molecule has 2 heterocycles. The van der Waals surface area contributed by atoms with Gasteiger partial charge in [0.25, 0.3) is 0 Å². The summed E-state index contributed by atoms with van der Waals surface area (Å²) in [6, 6.07) is -2.31. The zero-order chi connectivity index (χ0) is 17.4. The van der Waals surface area contributed by atoms with Crippen LogP contribution in [0.1, 0.15) is 12.8 Å². The molecule has 0 spiro atoms. The van der Waals surface area contributed by atoms with Crippen molar-refractivity contribution in [2.24, 2.45) is 15.9 Å². The molecule has 0 unspecified atom stereocenters. The monoisotopic (exact) mass is 372 g/mol. The molecule has 0 aromatic heterocycles. The molecule has 2 aliphatic rings. The van der Waals surface area contributed by atoms with Crippen LogP contribution in [0.4, 0.5) is 4.79 Å². The first-order valence-electron chi connectivity index (χ1n) is 6.36. The van der Waals surface area contributed by atoms with Crippen molar-refractivity contribution in [2.45, 2.75) is 24.9 Å². The van der Waals surface area contributed by atoms with Crippen LogP contribution >= 0.6 is 0 Å². The number of rotatable bonds is 6. The van der Waals surface area contributed by atoms with Gasteiger partial charge in [0, 0.05) is 6.54 Å². The quantitative estimate of drug-likeness (QED) is 0.163. The average molecular weight is 372 g/mol. The van der Waals surface area contributed by atoms with Gasteiger partial charge >= 0.3 is 26.6 Å². The molecule has 2 bridgehead atoms. The van der Waals surface area contributed by atoms with Crippen LogP contribution in [0, 0.1) is 0 Å². The van der Waals surface area contributed by atoms with E-state index in [2.05, 4.69) is 8.68 Å². The molecule has 15 heteroatoms. The molecule has 2 rings (SSSR count). The zero-order valence-electron chi connectivity index (χ0n) is 11.7. The predicted octanol–water partition coefficient (Wildman–Crippen LogP) is -2.90. The number of hydrogen-bond donors (Lipinski definition) is 4. The van der Waals surface area contributed by atoms with Crippen LogP contribution in [0.15, 0.2) is 4.40 Å². The lowest BCUT2D eigenvalue weighted by atomic mass is 10.0. The number of nitrogens with one attached hydrogen (secondary N) is 1. The summed E-state index contributed by atoms with van der Waals surface area (Å²) in [5.41, 5.74) is 10.7. The maximum absolute atomic E-state index is 12.1. The first-order chi connectivity index (χ1) is 10.5. The topological polar surface area (TPSA) is 198 Å². The lowest BCUT2D eigenvalue weighted by Gasteiger charge is -2.29. The number of amides is 2. The third-order valence-corrected chi connectivity index (χ3v) is 4.66. The molecule has 23 heavy (non-hydrogen) atoms. The molecule has 2 atom stereocenters. The number of urea groups is 1. The number of fused-ring (bicyclic) bond motifs is 2. The van der Waals surface area contributed by atoms with Crippen molar-refractivity contribution in [3.05, 3.63) is 0 Å². The lowest BCUT2D eigenvalue weighted by molar-refractivity contribution is -0.0316. The largest absolute Gasteiger partial charge is 0.418 e. The smallest absolute Gasteiger partial charge is 0.385 e. The van der Waals surface area contributed by atoms with Crippen molar-refractivity contribution < 1.29 is 30.5 Å². The van der Waals surface area contributed by atoms with Crippen LogP contribution in [0.3, 0.4) is 0 Å². The molecule has 2 amide bonds. The van der Waals surface area contributed by atoms with Crippen LogP contribution in [-0.4, -0.2) is 68.5 Å². The summed E-state index contributed by atoms with van der Waals surface area (Å²) >= 11 is 0. The molecular formula is C8H16N6O7S2. The molecule has 6 N–H and O–H groups in total. The number of hydrogen-bond acceptors (Lipinski definition) is 7. The van der Waals surface area contributed by atoms with Crippen molar-refractivity contribution in [2.75, 3.05) is 13.2 Å². The van der Waals surface area contributed by atoms with Crippen molar-refractivity contribution in [3.8, 4) is 0 Å². The SMILES string of the molecule is NCNS(=O)(=O)N=C(N)[C@@H]1CC[C@@H]2CN1C(=O)N2OS(=O)(=O)O. The summed E-state index contributed by atoms with van der Waals surface area (Å²) in [5.74, 6) is -0.341. The van der Waals surface area contributed by atoms with Gasteiger partial charge in [-0.25, -0.2) is 4.79 Å². The summed E-state index contributed by atoms with van der Waals surface area (Å²) < 4.78 is 62.7. The van der Waals surface area contributed by atoms with E-state index >= 15 is 0 Å². The maximum Gasteiger partial charge on any atom is 0.418 e. The highest BCUT2D eigenvalue weighted by Crippen LogP contribution is 2.30. The molecule has 2 saturated heterocycles. The van der Waals surface area contributed by atoms with E-state index < -0.39 is 38.7 Å². The Morgan fingerprint density at radius 2 is 2.04 bits per heavy atom. The van der Waals surface area contributed by atoms with Crippen LogP contribution in [-0.2, 0) is 24.9 Å². The van der Waals surface area contributed by atoms with Crippen LogP contribution in [0.25, 0.3) is 0 Å². The highest BCUT2D eigenvalue weighted by atomic mass is 32.3. The third kappa shape index (κ3) is 4.06. The molecule has 0 aromatic rings. The lowest BCUT2D eigenvalue weighted by Crippen LogP contribution is -2.48. The van der Waals surface area contributed by atoms with Crippen molar-refractivity contribution >= 4 is 32.5 Å². The Labute approximate surface area is 132 Å². The maximum atomic E-state index is 12.1. The van der Waals surface area contributed by atoms with Gasteiger partial charge in [0.2, 0.25) is 0 Å². The van der Waals surface area contributed by atoms with Crippen LogP contribution in [0.5, 0.6) is 0 Å². The van der Waals surface area contributed by atoms with Crippen molar-refractivity contribution in [1.29, 1.82) is 0 Å². The van der Waals surface area contributed by atoms with E-state index in [0.717, 1.165) is 4.90 Å². The van der Waals surface area contributed by atoms with Gasteiger partial charge in [0.05, 0.1) is 18.8 Å². The van der Waals surface area contributed by atoms with E-state index in [0.29, 0.717) is 5.06 Å². The highest BCUT2D eigenvalue weighted by Gasteiger charge is 2.48. The number of carbonyl (C=O) groups is 1. The fourth-order valence-corrected chi connectivity index (χ4v) is 3.54. The molecule has 0 saturated carbocycles. The summed E-state index contributed by atoms with van der Waals surface area (Å²) in [6.07, 6.45) is 0.526. The highest BCUT2D eigenvalue weighted by molar-refractivity contribution is 7.88. The minimum atomic E-state index is -4.86. The Morgan fingerprint density at radius 3 is 2.61 bits per heavy atom. The van der Waals surface area contributed by atoms with Crippen molar-refractivity contribution in [1.82, 2.24) is 14.7 Å². The van der Waals surface area contributed by atoms with Gasteiger partial charge in [0.1, 0.15) is 5.84 Å². The zero-order valence-corrected chi connectivity index (χ0v) is 13.3. The van der Waals surface area contributed by atoms with E-state index in [1.807, 2.05) is 4.72 Å². The Balaban J connectivity index is 2.20. The van der Waals surface area contributed by atoms with Gasteiger partial charge in [-0.3, -0.25) is 4.55 Å². The Hall–Kier alpha value is -1.52. The average Bonchev–Trinajstić information content (AvgIpc) is 2.62. The summed E-state index contributed by atoms with van der Waals surface area (Å²) in [7, 11) is -8.94. The molecule has 132 valence electrons. The Bertz CT molecular complexity index is 719. The van der Waals surface area contributed by atoms with E-state index in [9.17, 15) is 21.6 Å². The number of hydroxylamine groups is 2. The standard InChI is InChI=1S/C8H16N6O7S2/c9-4-11-22(16,17)12-7(10)6-2-1-5-3-13(6)8(15)14(5)21-23(18,19)20/h5-6,11H,1-4,9H2,(H2,10,12)(H,18,19,20)/t5-,6+/m1/s1. The van der Waals surface area contributed by atoms with E-state index in [-0.39, 0.29) is 31.9 Å². The second kappa shape index (κ2) is 6.17. The van der Waals surface area contributed by atoms with Gasteiger partial charge < -0.3 is 16.4 Å². The first-order valence-corrected chi connectivity index (χ1v) is 9.16. The van der Waals surface area contributed by atoms with Crippen molar-refractivity contribution in [3.63, 3.8) is 0 Å². The summed E-state index contributed by atoms with van der Waals surface area (Å²) in [6.45, 7) is -0.315. The second-order valence-corrected chi connectivity index (χ2v) is 7.28. The molecule has 0 aromatic carbocycles. The van der Waals surface area contributed by atoms with Gasteiger partial charge in [-0.1, -0.05) is 0 Å². The molecule has 2 fully saturated rings. The minimum Gasteiger partial charge on any atom is -0.385 e. The molecular weight excluding hydrogens is 356 g/mol. The number of piperidine rings is 1. The van der Waals surface area contributed by atoms with E-state index in [4.69, 9.17) is 16.0 Å². The van der Waals surface area contributed by atoms with Crippen LogP contribution < -0.4 is 16.2 Å². The molecule has 2 aliphatic heterocycles.